The molecule has 58 heavy (non-hydrogen) atoms. The van der Waals surface area contributed by atoms with Crippen LogP contribution in [0.3, 0.4) is 0 Å². The average Bonchev–Trinajstić information content (AvgIpc) is 3.14. The van der Waals surface area contributed by atoms with Crippen molar-refractivity contribution in [2.24, 2.45) is 0 Å². The molecule has 0 amide bonds. The van der Waals surface area contributed by atoms with Crippen molar-refractivity contribution in [3.63, 3.8) is 0 Å². The van der Waals surface area contributed by atoms with Crippen LogP contribution in [0.1, 0.15) is 87.5 Å². The number of aryl methyl sites for hydroxylation is 12. The number of ether oxygens (including phenoxy) is 2. The molecule has 4 nitrogen and oxygen atoms in total. The van der Waals surface area contributed by atoms with Gasteiger partial charge in [-0.3, -0.25) is 0 Å². The van der Waals surface area contributed by atoms with Gasteiger partial charge < -0.3 is 9.47 Å². The van der Waals surface area contributed by atoms with Crippen LogP contribution in [0.5, 0.6) is 0 Å². The normalized spacial score (nSPS) is 10.2. The molecule has 0 bridgehead atoms. The van der Waals surface area contributed by atoms with Crippen molar-refractivity contribution in [3.05, 3.63) is 199 Å². The third-order valence-corrected chi connectivity index (χ3v) is 9.60. The van der Waals surface area contributed by atoms with Gasteiger partial charge in [-0.05, 0) is 164 Å². The second-order valence-corrected chi connectivity index (χ2v) is 15.1. The van der Waals surface area contributed by atoms with Crippen LogP contribution in [0.25, 0.3) is 11.1 Å². The number of hydrogen-bond acceptors (Lipinski definition) is 4. The molecule has 0 aliphatic rings. The predicted molar refractivity (Wildman–Crippen MR) is 235 cm³/mol. The molecule has 0 aliphatic carbocycles. The van der Waals surface area contributed by atoms with E-state index >= 15 is 0 Å². The minimum Gasteiger partial charge on any atom is -0.458 e. The van der Waals surface area contributed by atoms with Gasteiger partial charge in [-0.15, -0.1) is 0 Å². The smallest absolute Gasteiger partial charge is 0.338 e. The van der Waals surface area contributed by atoms with Crippen molar-refractivity contribution in [1.82, 2.24) is 0 Å². The summed E-state index contributed by atoms with van der Waals surface area (Å²) in [5.74, 6) is -1.61. The van der Waals surface area contributed by atoms with Gasteiger partial charge >= 0.3 is 11.9 Å². The van der Waals surface area contributed by atoms with Gasteiger partial charge in [-0.2, -0.15) is 0 Å². The van der Waals surface area contributed by atoms with Crippen LogP contribution >= 0.6 is 0 Å². The Morgan fingerprint density at radius 1 is 0.362 bits per heavy atom. The molecule has 6 aromatic carbocycles. The van der Waals surface area contributed by atoms with Crippen molar-refractivity contribution < 1.29 is 27.8 Å². The Kier molecular flexibility index (Phi) is 17.8. The molecule has 0 radical (unpaired) electrons. The zero-order valence-corrected chi connectivity index (χ0v) is 36.2. The maximum Gasteiger partial charge on any atom is 0.338 e. The van der Waals surface area contributed by atoms with Crippen LogP contribution in [0, 0.1) is 94.7 Å². The lowest BCUT2D eigenvalue weighted by atomic mass is 10.0. The van der Waals surface area contributed by atoms with E-state index in [1.807, 2.05) is 39.8 Å². The minimum atomic E-state index is -0.416. The molecule has 0 saturated carbocycles. The summed E-state index contributed by atoms with van der Waals surface area (Å²) in [6, 6.07) is 33.5. The summed E-state index contributed by atoms with van der Waals surface area (Å²) in [7, 11) is 0. The summed E-state index contributed by atoms with van der Waals surface area (Å²) in [6.07, 6.45) is 0. The molecule has 0 saturated heterocycles. The van der Waals surface area contributed by atoms with Crippen molar-refractivity contribution in [3.8, 4) is 11.1 Å². The third kappa shape index (κ3) is 14.9. The Labute approximate surface area is 344 Å². The van der Waals surface area contributed by atoms with Crippen molar-refractivity contribution in [1.29, 1.82) is 0 Å². The predicted octanol–water partition coefficient (Wildman–Crippen LogP) is 13.4. The van der Waals surface area contributed by atoms with Gasteiger partial charge in [0.05, 0.1) is 11.1 Å². The van der Waals surface area contributed by atoms with Crippen LogP contribution in [0.4, 0.5) is 8.78 Å². The Morgan fingerprint density at radius 2 is 0.672 bits per heavy atom. The van der Waals surface area contributed by atoms with Gasteiger partial charge in [0.2, 0.25) is 0 Å². The molecule has 0 aromatic heterocycles. The zero-order valence-electron chi connectivity index (χ0n) is 36.2. The first-order chi connectivity index (χ1) is 27.3. The number of hydrogen-bond donors (Lipinski definition) is 0. The van der Waals surface area contributed by atoms with E-state index in [0.717, 1.165) is 33.4 Å². The second kappa shape index (κ2) is 22.2. The van der Waals surface area contributed by atoms with Crippen molar-refractivity contribution in [2.45, 2.75) is 83.1 Å². The number of esters is 2. The van der Waals surface area contributed by atoms with E-state index < -0.39 is 11.9 Å². The van der Waals surface area contributed by atoms with Crippen molar-refractivity contribution in [2.75, 3.05) is 13.2 Å². The molecule has 0 aliphatic heterocycles. The lowest BCUT2D eigenvalue weighted by molar-refractivity contribution is 0.0265. The standard InChI is InChI=1S/C20H22O4.C14H12F2.2C9H12/c1-13-5-7-17(11-15(13)3)19(21)23-9-10-24-20(22)18-8-6-14(2)16(4)12-18;1-9-3-5-11(13(15)7-9)12-6-4-10(2)8-14(12)16;1-7-4-8(2)6-9(3)5-7;1-7-4-5-8(2)9(3)6-7/h5-8,11-12H,9-10H2,1-4H3;3-8H,1-2H3;2*4-6H,1-3H3. The van der Waals surface area contributed by atoms with E-state index in [1.54, 1.807) is 62.4 Å². The first-order valence-electron chi connectivity index (χ1n) is 19.4. The maximum atomic E-state index is 13.7. The van der Waals surface area contributed by atoms with E-state index in [2.05, 4.69) is 77.9 Å². The fraction of sp³-hybridized carbons (Fsp3) is 0.269. The maximum absolute atomic E-state index is 13.7. The molecule has 0 spiro atoms. The number of halogens is 2. The molecule has 0 atom stereocenters. The molecular weight excluding hydrogens is 727 g/mol. The molecule has 0 heterocycles. The van der Waals surface area contributed by atoms with Crippen molar-refractivity contribution >= 4 is 11.9 Å². The van der Waals surface area contributed by atoms with Crippen LogP contribution < -0.4 is 0 Å². The Hall–Kier alpha value is -5.88. The quantitative estimate of drug-likeness (QED) is 0.125. The molecule has 6 aromatic rings. The fourth-order valence-corrected chi connectivity index (χ4v) is 5.94. The highest BCUT2D eigenvalue weighted by Crippen LogP contribution is 2.27. The lowest BCUT2D eigenvalue weighted by Crippen LogP contribution is -2.14. The Bertz CT molecular complexity index is 2170. The summed E-state index contributed by atoms with van der Waals surface area (Å²) in [4.78, 5) is 23.9. The van der Waals surface area contributed by atoms with E-state index in [9.17, 15) is 18.4 Å². The minimum absolute atomic E-state index is 0.0301. The van der Waals surface area contributed by atoms with Gasteiger partial charge in [0.1, 0.15) is 24.8 Å². The monoisotopic (exact) mass is 784 g/mol. The summed E-state index contributed by atoms with van der Waals surface area (Å²) >= 11 is 0. The van der Waals surface area contributed by atoms with Crippen LogP contribution in [-0.4, -0.2) is 25.2 Å². The molecule has 0 N–H and O–H groups in total. The van der Waals surface area contributed by atoms with E-state index in [-0.39, 0.29) is 24.8 Å². The Morgan fingerprint density at radius 3 is 0.983 bits per heavy atom. The Balaban J connectivity index is 0.000000226. The van der Waals surface area contributed by atoms with Gasteiger partial charge in [0.25, 0.3) is 0 Å². The topological polar surface area (TPSA) is 52.6 Å². The molecule has 304 valence electrons. The third-order valence-electron chi connectivity index (χ3n) is 9.60. The largest absolute Gasteiger partial charge is 0.458 e. The van der Waals surface area contributed by atoms with Crippen LogP contribution in [0.15, 0.2) is 109 Å². The number of carbonyl (C=O) groups excluding carboxylic acids is 2. The van der Waals surface area contributed by atoms with Crippen LogP contribution in [-0.2, 0) is 9.47 Å². The highest BCUT2D eigenvalue weighted by atomic mass is 19.1. The molecule has 6 heteroatoms. The first-order valence-corrected chi connectivity index (χ1v) is 19.4. The number of rotatable bonds is 6. The summed E-state index contributed by atoms with van der Waals surface area (Å²) in [5, 5.41) is 0. The lowest BCUT2D eigenvalue weighted by Gasteiger charge is -2.08. The fourth-order valence-electron chi connectivity index (χ4n) is 5.94. The van der Waals surface area contributed by atoms with Gasteiger partial charge in [0.15, 0.2) is 0 Å². The zero-order chi connectivity index (χ0) is 43.1. The van der Waals surface area contributed by atoms with E-state index in [1.165, 1.54) is 45.5 Å². The van der Waals surface area contributed by atoms with Crippen LogP contribution in [0.2, 0.25) is 0 Å². The summed E-state index contributed by atoms with van der Waals surface area (Å²) in [5.41, 5.74) is 15.7. The summed E-state index contributed by atoms with van der Waals surface area (Å²) in [6.45, 7) is 24.3. The van der Waals surface area contributed by atoms with Gasteiger partial charge in [-0.25, -0.2) is 18.4 Å². The van der Waals surface area contributed by atoms with Gasteiger partial charge in [-0.1, -0.05) is 95.1 Å². The highest BCUT2D eigenvalue weighted by molar-refractivity contribution is 5.90. The average molecular weight is 785 g/mol. The first kappa shape index (κ1) is 46.5. The number of benzene rings is 6. The second-order valence-electron chi connectivity index (χ2n) is 15.1. The van der Waals surface area contributed by atoms with E-state index in [4.69, 9.17) is 9.47 Å². The SMILES string of the molecule is Cc1cc(C)cc(C)c1.Cc1ccc(-c2ccc(C)cc2F)c(F)c1.Cc1ccc(C(=O)OCCOC(=O)c2ccc(C)c(C)c2)cc1C.Cc1ccc(C)c(C)c1. The molecular formula is C52H58F2O4. The molecule has 0 fully saturated rings. The van der Waals surface area contributed by atoms with E-state index in [0.29, 0.717) is 22.3 Å². The molecule has 0 unspecified atom stereocenters. The highest BCUT2D eigenvalue weighted by Gasteiger charge is 2.12. The number of carbonyl (C=O) groups is 2. The summed E-state index contributed by atoms with van der Waals surface area (Å²) < 4.78 is 37.6. The van der Waals surface area contributed by atoms with Gasteiger partial charge in [0, 0.05) is 11.1 Å². The molecule has 6 rings (SSSR count).